The van der Waals surface area contributed by atoms with Crippen molar-refractivity contribution in [2.24, 2.45) is 0 Å². The maximum Gasteiger partial charge on any atom is -0.00201 e. The summed E-state index contributed by atoms with van der Waals surface area (Å²) in [7, 11) is 0. The predicted molar refractivity (Wildman–Crippen MR) is 275 cm³/mol. The van der Waals surface area contributed by atoms with Crippen molar-refractivity contribution in [2.45, 2.75) is 0 Å². The van der Waals surface area contributed by atoms with E-state index in [4.69, 9.17) is 0 Å². The van der Waals surface area contributed by atoms with Gasteiger partial charge in [-0.25, -0.2) is 0 Å². The molecule has 0 saturated carbocycles. The minimum atomic E-state index is 1.21. The third-order valence-corrected chi connectivity index (χ3v) is 13.1. The second-order valence-electron chi connectivity index (χ2n) is 16.6. The van der Waals surface area contributed by atoms with Crippen molar-refractivity contribution in [1.82, 2.24) is 0 Å². The fraction of sp³-hybridized carbons (Fsp3) is 0. The molecule has 0 spiro atoms. The van der Waals surface area contributed by atoms with Crippen molar-refractivity contribution in [3.8, 4) is 77.9 Å². The molecule has 0 N–H and O–H groups in total. The van der Waals surface area contributed by atoms with E-state index < -0.39 is 0 Å². The molecule has 0 aliphatic carbocycles. The lowest BCUT2D eigenvalue weighted by Gasteiger charge is -2.23. The van der Waals surface area contributed by atoms with E-state index >= 15 is 0 Å². The van der Waals surface area contributed by atoms with Gasteiger partial charge in [-0.3, -0.25) is 0 Å². The Morgan fingerprint density at radius 1 is 0.125 bits per heavy atom. The third-order valence-electron chi connectivity index (χ3n) is 13.1. The molecular weight excluding hydrogens is 769 g/mol. The highest BCUT2D eigenvalue weighted by Crippen LogP contribution is 2.51. The zero-order chi connectivity index (χ0) is 42.4. The molecule has 0 aliphatic heterocycles. The second kappa shape index (κ2) is 15.9. The summed E-state index contributed by atoms with van der Waals surface area (Å²) in [5.41, 5.74) is 17.2. The van der Waals surface area contributed by atoms with Crippen molar-refractivity contribution in [3.05, 3.63) is 255 Å². The van der Waals surface area contributed by atoms with Gasteiger partial charge in [-0.1, -0.05) is 255 Å². The fourth-order valence-electron chi connectivity index (χ4n) is 10.4. The smallest absolute Gasteiger partial charge is 0.00201 e. The number of fused-ring (bicyclic) bond motifs is 4. The Balaban J connectivity index is 1.12. The molecule has 0 nitrogen and oxygen atoms in total. The molecule has 0 heteroatoms. The average molecular weight is 811 g/mol. The highest BCUT2D eigenvalue weighted by atomic mass is 14.3. The molecule has 0 atom stereocenters. The summed E-state index contributed by atoms with van der Waals surface area (Å²) in [5.74, 6) is 0. The molecule has 298 valence electrons. The largest absolute Gasteiger partial charge is 0.0622 e. The zero-order valence-corrected chi connectivity index (χ0v) is 35.2. The van der Waals surface area contributed by atoms with Crippen LogP contribution in [0.25, 0.3) is 121 Å². The topological polar surface area (TPSA) is 0 Å². The van der Waals surface area contributed by atoms with Gasteiger partial charge in [0.25, 0.3) is 0 Å². The standard InChI is InChI=1S/C64H42/c1-3-23-43(24-4-1)45-27-7-11-31-49(45)61-53-35-15-19-39-57(53)63(58-40-20-16-36-54(58)61)51-33-13-9-29-47(51)48-30-10-14-34-52(48)64-59-41-21-17-37-55(59)62(56-38-18-22-42-60(56)64)50-32-12-8-28-46(50)44-25-5-2-6-26-44/h1-42H. The van der Waals surface area contributed by atoms with Crippen LogP contribution in [0.5, 0.6) is 0 Å². The van der Waals surface area contributed by atoms with Gasteiger partial charge in [0.05, 0.1) is 0 Å². The molecule has 0 amide bonds. The lowest BCUT2D eigenvalue weighted by molar-refractivity contribution is 1.59. The van der Waals surface area contributed by atoms with Gasteiger partial charge in [-0.15, -0.1) is 0 Å². The van der Waals surface area contributed by atoms with E-state index in [0.29, 0.717) is 0 Å². The summed E-state index contributed by atoms with van der Waals surface area (Å²) in [4.78, 5) is 0. The van der Waals surface area contributed by atoms with E-state index in [2.05, 4.69) is 255 Å². The molecule has 0 fully saturated rings. The molecule has 0 aliphatic rings. The van der Waals surface area contributed by atoms with Gasteiger partial charge in [0.15, 0.2) is 0 Å². The Hall–Kier alpha value is -8.32. The molecule has 0 bridgehead atoms. The first-order valence-corrected chi connectivity index (χ1v) is 22.2. The third kappa shape index (κ3) is 6.15. The molecule has 12 aromatic carbocycles. The summed E-state index contributed by atoms with van der Waals surface area (Å²) in [6.45, 7) is 0. The van der Waals surface area contributed by atoms with Crippen LogP contribution in [-0.2, 0) is 0 Å². The normalized spacial score (nSPS) is 11.4. The van der Waals surface area contributed by atoms with Crippen molar-refractivity contribution >= 4 is 43.1 Å². The number of hydrogen-bond acceptors (Lipinski definition) is 0. The van der Waals surface area contributed by atoms with E-state index in [1.807, 2.05) is 0 Å². The first-order valence-electron chi connectivity index (χ1n) is 22.2. The summed E-state index contributed by atoms with van der Waals surface area (Å²) >= 11 is 0. The number of rotatable bonds is 7. The molecule has 0 radical (unpaired) electrons. The van der Waals surface area contributed by atoms with Crippen LogP contribution in [0.1, 0.15) is 0 Å². The van der Waals surface area contributed by atoms with Crippen LogP contribution < -0.4 is 0 Å². The Bertz CT molecular complexity index is 3350. The second-order valence-corrected chi connectivity index (χ2v) is 16.6. The van der Waals surface area contributed by atoms with E-state index in [-0.39, 0.29) is 0 Å². The molecule has 0 heterocycles. The van der Waals surface area contributed by atoms with Crippen LogP contribution in [0.2, 0.25) is 0 Å². The average Bonchev–Trinajstić information content (AvgIpc) is 3.38. The van der Waals surface area contributed by atoms with Gasteiger partial charge >= 0.3 is 0 Å². The van der Waals surface area contributed by atoms with Crippen molar-refractivity contribution in [3.63, 3.8) is 0 Å². The maximum atomic E-state index is 2.33. The fourth-order valence-corrected chi connectivity index (χ4v) is 10.4. The van der Waals surface area contributed by atoms with Gasteiger partial charge in [-0.05, 0) is 121 Å². The highest BCUT2D eigenvalue weighted by Gasteiger charge is 2.24. The van der Waals surface area contributed by atoms with E-state index in [0.717, 1.165) is 0 Å². The monoisotopic (exact) mass is 810 g/mol. The zero-order valence-electron chi connectivity index (χ0n) is 35.2. The SMILES string of the molecule is c1ccc(-c2ccccc2-c2c3ccccc3c(-c3ccccc3-c3ccccc3-c3c4ccccc4c(-c4ccccc4-c4ccccc4)c4ccccc34)c3ccccc23)cc1. The summed E-state index contributed by atoms with van der Waals surface area (Å²) in [6, 6.07) is 93.5. The lowest BCUT2D eigenvalue weighted by Crippen LogP contribution is -1.96. The Labute approximate surface area is 374 Å². The number of benzene rings is 12. The molecule has 64 heavy (non-hydrogen) atoms. The van der Waals surface area contributed by atoms with E-state index in [1.165, 1.54) is 121 Å². The van der Waals surface area contributed by atoms with Crippen LogP contribution >= 0.6 is 0 Å². The molecular formula is C64H42. The highest BCUT2D eigenvalue weighted by molar-refractivity contribution is 6.26. The molecule has 12 rings (SSSR count). The van der Waals surface area contributed by atoms with Gasteiger partial charge < -0.3 is 0 Å². The molecule has 0 unspecified atom stereocenters. The minimum Gasteiger partial charge on any atom is -0.0622 e. The maximum absolute atomic E-state index is 2.33. The van der Waals surface area contributed by atoms with Crippen LogP contribution in [0.15, 0.2) is 255 Å². The number of hydrogen-bond donors (Lipinski definition) is 0. The molecule has 0 aromatic heterocycles. The van der Waals surface area contributed by atoms with Gasteiger partial charge in [0.1, 0.15) is 0 Å². The van der Waals surface area contributed by atoms with E-state index in [1.54, 1.807) is 0 Å². The van der Waals surface area contributed by atoms with Crippen molar-refractivity contribution in [2.75, 3.05) is 0 Å². The molecule has 0 saturated heterocycles. The lowest BCUT2D eigenvalue weighted by atomic mass is 9.80. The van der Waals surface area contributed by atoms with Crippen LogP contribution in [0.4, 0.5) is 0 Å². The van der Waals surface area contributed by atoms with Gasteiger partial charge in [0, 0.05) is 0 Å². The van der Waals surface area contributed by atoms with Gasteiger partial charge in [-0.2, -0.15) is 0 Å². The van der Waals surface area contributed by atoms with Gasteiger partial charge in [0.2, 0.25) is 0 Å². The van der Waals surface area contributed by atoms with E-state index in [9.17, 15) is 0 Å². The Morgan fingerprint density at radius 2 is 0.297 bits per heavy atom. The first-order chi connectivity index (χ1) is 31.8. The summed E-state index contributed by atoms with van der Waals surface area (Å²) < 4.78 is 0. The Kier molecular flexibility index (Phi) is 9.28. The first kappa shape index (κ1) is 37.4. The van der Waals surface area contributed by atoms with Crippen LogP contribution in [0, 0.1) is 0 Å². The van der Waals surface area contributed by atoms with Crippen LogP contribution in [0.3, 0.4) is 0 Å². The van der Waals surface area contributed by atoms with Crippen molar-refractivity contribution in [1.29, 1.82) is 0 Å². The molecule has 12 aromatic rings. The summed E-state index contributed by atoms with van der Waals surface area (Å²) in [6.07, 6.45) is 0. The summed E-state index contributed by atoms with van der Waals surface area (Å²) in [5, 5.41) is 9.92. The minimum absolute atomic E-state index is 1.21. The van der Waals surface area contributed by atoms with Crippen molar-refractivity contribution < 1.29 is 0 Å². The van der Waals surface area contributed by atoms with Crippen LogP contribution in [-0.4, -0.2) is 0 Å². The Morgan fingerprint density at radius 3 is 0.547 bits per heavy atom. The predicted octanol–water partition coefficient (Wildman–Crippen LogP) is 18.0. The quantitative estimate of drug-likeness (QED) is 0.141.